The summed E-state index contributed by atoms with van der Waals surface area (Å²) in [6.07, 6.45) is 0.652. The molecule has 4 aromatic carbocycles. The third-order valence-electron chi connectivity index (χ3n) is 6.80. The minimum Gasteiger partial charge on any atom is -0.364 e. The summed E-state index contributed by atoms with van der Waals surface area (Å²) in [6, 6.07) is 42.6. The first kappa shape index (κ1) is 21.4. The zero-order valence-electron chi connectivity index (χ0n) is 19.5. The Balaban J connectivity index is 1.29. The van der Waals surface area contributed by atoms with Crippen LogP contribution in [0.25, 0.3) is 0 Å². The van der Waals surface area contributed by atoms with Gasteiger partial charge in [-0.15, -0.1) is 0 Å². The van der Waals surface area contributed by atoms with Crippen LogP contribution in [-0.4, -0.2) is 11.7 Å². The molecule has 0 aromatic heterocycles. The topological polar surface area (TPSA) is 48.8 Å². The van der Waals surface area contributed by atoms with Gasteiger partial charge < -0.3 is 10.6 Å². The van der Waals surface area contributed by atoms with Crippen molar-refractivity contribution in [2.75, 3.05) is 0 Å². The minimum atomic E-state index is 0.0328. The maximum absolute atomic E-state index is 5.16. The summed E-state index contributed by atoms with van der Waals surface area (Å²) in [6.45, 7) is 0. The summed E-state index contributed by atoms with van der Waals surface area (Å²) in [5.41, 5.74) is 4.92. The summed E-state index contributed by atoms with van der Waals surface area (Å²) in [5, 5.41) is 7.44. The summed E-state index contributed by atoms with van der Waals surface area (Å²) >= 11 is 0. The van der Waals surface area contributed by atoms with E-state index in [1.54, 1.807) is 0 Å². The van der Waals surface area contributed by atoms with Gasteiger partial charge in [-0.3, -0.25) is 9.98 Å². The van der Waals surface area contributed by atoms with Gasteiger partial charge in [0.15, 0.2) is 0 Å². The third-order valence-corrected chi connectivity index (χ3v) is 6.80. The predicted molar refractivity (Wildman–Crippen MR) is 142 cm³/mol. The number of nitrogens with zero attached hydrogens (tertiary/aromatic N) is 2. The van der Waals surface area contributed by atoms with Crippen molar-refractivity contribution in [1.29, 1.82) is 0 Å². The normalized spacial score (nSPS) is 23.2. The molecular formula is C31H28N4. The zero-order chi connectivity index (χ0) is 23.5. The number of nitrogens with one attached hydrogen (secondary N) is 2. The lowest BCUT2D eigenvalue weighted by atomic mass is 9.95. The van der Waals surface area contributed by atoms with Crippen LogP contribution < -0.4 is 10.6 Å². The Morgan fingerprint density at radius 2 is 0.743 bits per heavy atom. The molecule has 4 heteroatoms. The molecule has 0 radical (unpaired) electrons. The first-order chi connectivity index (χ1) is 17.3. The molecule has 4 nitrogen and oxygen atoms in total. The first-order valence-corrected chi connectivity index (χ1v) is 12.2. The van der Waals surface area contributed by atoms with E-state index in [1.807, 2.05) is 0 Å². The minimum absolute atomic E-state index is 0.0328. The van der Waals surface area contributed by atoms with Crippen LogP contribution in [0.1, 0.15) is 52.8 Å². The van der Waals surface area contributed by atoms with Crippen LogP contribution in [0.15, 0.2) is 131 Å². The molecule has 6 rings (SSSR count). The number of hydrogen-bond acceptors (Lipinski definition) is 4. The standard InChI is InChI=1S/C31H28N4/c1-5-13-22(14-6-1)28-29(23-15-7-2-8-16-23)33-26(32-28)21-27-34-30(24-17-9-3-10-18-24)31(35-27)25-19-11-4-12-20-25/h1-20,28-31H,21H2,(H,32,33)(H,34,35)/t28-,29-,30-,31-/m0/s1. The van der Waals surface area contributed by atoms with Crippen LogP contribution in [-0.2, 0) is 0 Å². The molecule has 0 spiro atoms. The van der Waals surface area contributed by atoms with E-state index in [0.29, 0.717) is 6.42 Å². The Morgan fingerprint density at radius 1 is 0.429 bits per heavy atom. The quantitative estimate of drug-likeness (QED) is 0.355. The van der Waals surface area contributed by atoms with Crippen molar-refractivity contribution in [1.82, 2.24) is 10.6 Å². The largest absolute Gasteiger partial charge is 0.364 e. The monoisotopic (exact) mass is 456 g/mol. The Morgan fingerprint density at radius 3 is 1.09 bits per heavy atom. The van der Waals surface area contributed by atoms with Crippen LogP contribution in [0.5, 0.6) is 0 Å². The highest BCUT2D eigenvalue weighted by atomic mass is 15.2. The Labute approximate surface area is 206 Å². The average Bonchev–Trinajstić information content (AvgIpc) is 3.56. The first-order valence-electron chi connectivity index (χ1n) is 12.2. The van der Waals surface area contributed by atoms with Gasteiger partial charge in [-0.2, -0.15) is 0 Å². The van der Waals surface area contributed by atoms with Gasteiger partial charge in [0.1, 0.15) is 23.8 Å². The second-order valence-corrected chi connectivity index (χ2v) is 9.10. The van der Waals surface area contributed by atoms with Crippen molar-refractivity contribution < 1.29 is 0 Å². The van der Waals surface area contributed by atoms with Gasteiger partial charge in [-0.1, -0.05) is 121 Å². The van der Waals surface area contributed by atoms with Crippen molar-refractivity contribution in [3.05, 3.63) is 144 Å². The van der Waals surface area contributed by atoms with E-state index >= 15 is 0 Å². The molecule has 2 aliphatic heterocycles. The van der Waals surface area contributed by atoms with E-state index in [0.717, 1.165) is 11.7 Å². The number of aliphatic imine (C=N–C) groups is 2. The fraction of sp³-hybridized carbons (Fsp3) is 0.161. The molecule has 0 unspecified atom stereocenters. The number of amidine groups is 2. The molecule has 0 bridgehead atoms. The summed E-state index contributed by atoms with van der Waals surface area (Å²) in [4.78, 5) is 10.3. The van der Waals surface area contributed by atoms with E-state index in [1.165, 1.54) is 22.3 Å². The molecule has 172 valence electrons. The Bertz CT molecular complexity index is 1210. The van der Waals surface area contributed by atoms with Gasteiger partial charge in [-0.05, 0) is 22.3 Å². The fourth-order valence-electron chi connectivity index (χ4n) is 5.11. The van der Waals surface area contributed by atoms with Crippen molar-refractivity contribution in [2.24, 2.45) is 9.98 Å². The van der Waals surface area contributed by atoms with E-state index in [-0.39, 0.29) is 24.2 Å². The van der Waals surface area contributed by atoms with Gasteiger partial charge in [0.2, 0.25) is 0 Å². The highest BCUT2D eigenvalue weighted by Gasteiger charge is 2.35. The highest BCUT2D eigenvalue weighted by molar-refractivity contribution is 6.04. The molecule has 0 amide bonds. The highest BCUT2D eigenvalue weighted by Crippen LogP contribution is 2.39. The van der Waals surface area contributed by atoms with Crippen molar-refractivity contribution in [3.8, 4) is 0 Å². The molecule has 2 N–H and O–H groups in total. The molecule has 35 heavy (non-hydrogen) atoms. The van der Waals surface area contributed by atoms with Crippen molar-refractivity contribution in [3.63, 3.8) is 0 Å². The van der Waals surface area contributed by atoms with Gasteiger partial charge in [0, 0.05) is 0 Å². The van der Waals surface area contributed by atoms with Crippen LogP contribution in [0.2, 0.25) is 0 Å². The zero-order valence-corrected chi connectivity index (χ0v) is 19.5. The maximum Gasteiger partial charge on any atom is 0.105 e. The number of hydrogen-bond donors (Lipinski definition) is 2. The summed E-state index contributed by atoms with van der Waals surface area (Å²) < 4.78 is 0. The van der Waals surface area contributed by atoms with Gasteiger partial charge >= 0.3 is 0 Å². The van der Waals surface area contributed by atoms with Gasteiger partial charge in [0.25, 0.3) is 0 Å². The molecule has 0 saturated carbocycles. The SMILES string of the molecule is c1ccc([C@@H]2N=C(CC3=N[C@@H](c4ccccc4)[C@H](c4ccccc4)N3)N[C@H]2c2ccccc2)cc1. The van der Waals surface area contributed by atoms with Gasteiger partial charge in [-0.25, -0.2) is 0 Å². The van der Waals surface area contributed by atoms with Crippen LogP contribution in [0.3, 0.4) is 0 Å². The second kappa shape index (κ2) is 9.59. The summed E-state index contributed by atoms with van der Waals surface area (Å²) in [5.74, 6) is 1.94. The van der Waals surface area contributed by atoms with Crippen LogP contribution in [0.4, 0.5) is 0 Å². The number of benzene rings is 4. The second-order valence-electron chi connectivity index (χ2n) is 9.10. The maximum atomic E-state index is 5.16. The Hall–Kier alpha value is -4.18. The molecule has 4 aromatic rings. The lowest BCUT2D eigenvalue weighted by Crippen LogP contribution is -2.31. The van der Waals surface area contributed by atoms with Crippen molar-refractivity contribution in [2.45, 2.75) is 30.6 Å². The lowest BCUT2D eigenvalue weighted by Gasteiger charge is -2.20. The van der Waals surface area contributed by atoms with Crippen molar-refractivity contribution >= 4 is 11.7 Å². The smallest absolute Gasteiger partial charge is 0.105 e. The average molecular weight is 457 g/mol. The van der Waals surface area contributed by atoms with E-state index in [9.17, 15) is 0 Å². The Kier molecular flexibility index (Phi) is 5.85. The molecule has 0 fully saturated rings. The number of rotatable bonds is 6. The molecular weight excluding hydrogens is 428 g/mol. The van der Waals surface area contributed by atoms with Gasteiger partial charge in [0.05, 0.1) is 18.5 Å². The van der Waals surface area contributed by atoms with E-state index in [4.69, 9.17) is 9.98 Å². The molecule has 4 atom stereocenters. The van der Waals surface area contributed by atoms with E-state index in [2.05, 4.69) is 132 Å². The third kappa shape index (κ3) is 4.47. The summed E-state index contributed by atoms with van der Waals surface area (Å²) in [7, 11) is 0. The predicted octanol–water partition coefficient (Wildman–Crippen LogP) is 6.35. The molecule has 0 aliphatic carbocycles. The fourth-order valence-corrected chi connectivity index (χ4v) is 5.11. The van der Waals surface area contributed by atoms with E-state index < -0.39 is 0 Å². The lowest BCUT2D eigenvalue weighted by molar-refractivity contribution is 0.570. The molecule has 2 heterocycles. The molecule has 2 aliphatic rings. The van der Waals surface area contributed by atoms with Crippen LogP contribution in [0, 0.1) is 0 Å². The van der Waals surface area contributed by atoms with Crippen LogP contribution >= 0.6 is 0 Å². The molecule has 0 saturated heterocycles.